The van der Waals surface area contributed by atoms with Crippen molar-refractivity contribution in [2.24, 2.45) is 0 Å². The number of anilines is 1. The number of benzene rings is 10. The molecule has 0 saturated heterocycles. The van der Waals surface area contributed by atoms with Crippen LogP contribution in [-0.2, 0) is 0 Å². The van der Waals surface area contributed by atoms with Crippen molar-refractivity contribution >= 4 is 55.0 Å². The maximum Gasteiger partial charge on any atom is 0.0698 e. The lowest BCUT2D eigenvalue weighted by Crippen LogP contribution is -2.05. The number of rotatable bonds is 6. The molecule has 0 bridgehead atoms. The molecule has 1 aliphatic heterocycles. The molecule has 0 saturated carbocycles. The van der Waals surface area contributed by atoms with Gasteiger partial charge in [0.25, 0.3) is 0 Å². The minimum absolute atomic E-state index is 0.816. The summed E-state index contributed by atoms with van der Waals surface area (Å²) in [5.74, 6) is 0. The van der Waals surface area contributed by atoms with Gasteiger partial charge < -0.3 is 9.88 Å². The molecule has 11 aromatic rings. The number of fused-ring (bicyclic) bond motifs is 6. The number of nitrogens with one attached hydrogen (secondary N) is 1. The monoisotopic (exact) mass is 776 g/mol. The van der Waals surface area contributed by atoms with Crippen LogP contribution in [-0.4, -0.2) is 11.1 Å². The minimum atomic E-state index is 0.816. The molecule has 2 nitrogen and oxygen atoms in total. The number of aromatic nitrogens is 1. The van der Waals surface area contributed by atoms with Crippen LogP contribution in [0, 0.1) is 0 Å². The fraction of sp³-hybridized carbons (Fsp3) is 0.0169. The average Bonchev–Trinajstić information content (AvgIpc) is 3.67. The quantitative estimate of drug-likeness (QED) is 0.166. The van der Waals surface area contributed by atoms with Crippen LogP contribution in [0.2, 0.25) is 0 Å². The zero-order valence-electron chi connectivity index (χ0n) is 33.5. The predicted octanol–water partition coefficient (Wildman–Crippen LogP) is 15.9. The topological polar surface area (TPSA) is 17.0 Å². The normalized spacial score (nSPS) is 12.3. The van der Waals surface area contributed by atoms with Gasteiger partial charge in [-0.15, -0.1) is 0 Å². The molecule has 1 N–H and O–H groups in total. The van der Waals surface area contributed by atoms with Crippen molar-refractivity contribution in [2.45, 2.75) is 0 Å². The van der Waals surface area contributed by atoms with Gasteiger partial charge in [-0.3, -0.25) is 0 Å². The van der Waals surface area contributed by atoms with Crippen LogP contribution in [0.3, 0.4) is 0 Å². The van der Waals surface area contributed by atoms with E-state index >= 15 is 0 Å². The molecule has 61 heavy (non-hydrogen) atoms. The number of hydrogen-bond donors (Lipinski definition) is 1. The van der Waals surface area contributed by atoms with E-state index in [1.165, 1.54) is 110 Å². The molecule has 1 aliphatic rings. The second kappa shape index (κ2) is 14.4. The molecular weight excluding hydrogens is 737 g/mol. The number of hydrogen-bond acceptors (Lipinski definition) is 1. The zero-order chi connectivity index (χ0) is 40.3. The molecule has 1 aromatic heterocycles. The largest absolute Gasteiger partial charge is 0.379 e. The first-order chi connectivity index (χ1) is 30.3. The minimum Gasteiger partial charge on any atom is -0.379 e. The summed E-state index contributed by atoms with van der Waals surface area (Å²) in [5.41, 5.74) is 17.0. The van der Waals surface area contributed by atoms with Crippen LogP contribution >= 0.6 is 0 Å². The van der Waals surface area contributed by atoms with Crippen molar-refractivity contribution in [2.75, 3.05) is 11.9 Å². The third-order valence-corrected chi connectivity index (χ3v) is 12.6. The summed E-state index contributed by atoms with van der Waals surface area (Å²) >= 11 is 0. The lowest BCUT2D eigenvalue weighted by Gasteiger charge is -2.20. The highest BCUT2D eigenvalue weighted by molar-refractivity contribution is 6.24. The molecular formula is C59H40N2. The molecule has 0 radical (unpaired) electrons. The maximum absolute atomic E-state index is 3.71. The lowest BCUT2D eigenvalue weighted by molar-refractivity contribution is 1.10. The second-order valence-electron chi connectivity index (χ2n) is 16.0. The molecule has 10 aromatic carbocycles. The molecule has 0 atom stereocenters. The molecule has 0 unspecified atom stereocenters. The Balaban J connectivity index is 1.07. The summed E-state index contributed by atoms with van der Waals surface area (Å²) in [5, 5.41) is 12.4. The van der Waals surface area contributed by atoms with Crippen molar-refractivity contribution < 1.29 is 0 Å². The van der Waals surface area contributed by atoms with E-state index in [9.17, 15) is 0 Å². The van der Waals surface area contributed by atoms with Gasteiger partial charge in [-0.1, -0.05) is 176 Å². The average molecular weight is 777 g/mol. The van der Waals surface area contributed by atoms with Crippen LogP contribution < -0.4 is 5.32 Å². The van der Waals surface area contributed by atoms with E-state index in [0.29, 0.717) is 0 Å². The highest BCUT2D eigenvalue weighted by Gasteiger charge is 2.22. The van der Waals surface area contributed by atoms with E-state index in [0.717, 1.165) is 12.2 Å². The highest BCUT2D eigenvalue weighted by Crippen LogP contribution is 2.48. The summed E-state index contributed by atoms with van der Waals surface area (Å²) in [6, 6.07) is 78.0. The Morgan fingerprint density at radius 3 is 1.44 bits per heavy atom. The molecule has 12 rings (SSSR count). The van der Waals surface area contributed by atoms with Crippen LogP contribution in [0.25, 0.3) is 111 Å². The first-order valence-corrected chi connectivity index (χ1v) is 21.1. The van der Waals surface area contributed by atoms with Gasteiger partial charge in [0.15, 0.2) is 0 Å². The van der Waals surface area contributed by atoms with Crippen LogP contribution in [0.15, 0.2) is 218 Å². The summed E-state index contributed by atoms with van der Waals surface area (Å²) in [6.45, 7) is 0.816. The Hall–Kier alpha value is -7.94. The van der Waals surface area contributed by atoms with Crippen molar-refractivity contribution in [1.82, 2.24) is 4.57 Å². The van der Waals surface area contributed by atoms with Gasteiger partial charge in [-0.05, 0) is 136 Å². The molecule has 0 aliphatic carbocycles. The van der Waals surface area contributed by atoms with Crippen molar-refractivity contribution in [3.63, 3.8) is 0 Å². The van der Waals surface area contributed by atoms with E-state index < -0.39 is 0 Å². The van der Waals surface area contributed by atoms with E-state index in [-0.39, 0.29) is 0 Å². The Labute approximate surface area is 355 Å². The Bertz CT molecular complexity index is 3390. The van der Waals surface area contributed by atoms with Crippen molar-refractivity contribution in [1.29, 1.82) is 0 Å². The lowest BCUT2D eigenvalue weighted by atomic mass is 9.83. The Kier molecular flexibility index (Phi) is 8.28. The van der Waals surface area contributed by atoms with Gasteiger partial charge in [0.1, 0.15) is 0 Å². The van der Waals surface area contributed by atoms with Gasteiger partial charge >= 0.3 is 0 Å². The molecule has 0 amide bonds. The van der Waals surface area contributed by atoms with Crippen molar-refractivity contribution in [3.8, 4) is 61.3 Å². The van der Waals surface area contributed by atoms with E-state index in [1.54, 1.807) is 0 Å². The van der Waals surface area contributed by atoms with Crippen molar-refractivity contribution in [3.05, 3.63) is 224 Å². The standard InChI is InChI=1S/C59H40N2/c1-4-17-39(18-5-1)42-35-43(40-19-6-2-7-20-40)37-44(36-42)57-49-25-12-14-27-51(49)58(52-28-15-13-26-50(52)57)53-32-31-46(47-23-10-11-24-48(47)53)41-30-33-55-54(38-41)59-56(29-16-34-60-59)61(55)45-21-8-3-9-22-45/h1-33,35-38,60H,34H2. The van der Waals surface area contributed by atoms with Gasteiger partial charge in [0.2, 0.25) is 0 Å². The fourth-order valence-corrected chi connectivity index (χ4v) is 9.87. The SMILES string of the molecule is C1=Cc2c(c3cc(-c4ccc(-c5c6ccccc6c(-c6cc(-c7ccccc7)cc(-c7ccccc7)c6)c6ccccc56)c5ccccc45)ccc3n2-c2ccccc2)NC1. The number of nitrogens with zero attached hydrogens (tertiary/aromatic N) is 1. The van der Waals surface area contributed by atoms with E-state index in [1.807, 2.05) is 0 Å². The first-order valence-electron chi connectivity index (χ1n) is 21.1. The molecule has 0 fully saturated rings. The Morgan fingerprint density at radius 1 is 0.344 bits per heavy atom. The van der Waals surface area contributed by atoms with Crippen LogP contribution in [0.1, 0.15) is 5.69 Å². The molecule has 0 spiro atoms. The maximum atomic E-state index is 3.71. The van der Waals surface area contributed by atoms with Crippen LogP contribution in [0.4, 0.5) is 5.69 Å². The van der Waals surface area contributed by atoms with Gasteiger partial charge in [-0.25, -0.2) is 0 Å². The summed E-state index contributed by atoms with van der Waals surface area (Å²) in [6.07, 6.45) is 4.46. The van der Waals surface area contributed by atoms with Gasteiger partial charge in [0.05, 0.1) is 16.9 Å². The molecule has 286 valence electrons. The summed E-state index contributed by atoms with van der Waals surface area (Å²) in [4.78, 5) is 0. The smallest absolute Gasteiger partial charge is 0.0698 e. The number of para-hydroxylation sites is 1. The zero-order valence-corrected chi connectivity index (χ0v) is 33.5. The first kappa shape index (κ1) is 35.0. The van der Waals surface area contributed by atoms with Crippen LogP contribution in [0.5, 0.6) is 0 Å². The highest BCUT2D eigenvalue weighted by atomic mass is 15.0. The molecule has 2 heterocycles. The Morgan fingerprint density at radius 2 is 0.836 bits per heavy atom. The van der Waals surface area contributed by atoms with Gasteiger partial charge in [0, 0.05) is 17.6 Å². The van der Waals surface area contributed by atoms with E-state index in [4.69, 9.17) is 0 Å². The van der Waals surface area contributed by atoms with E-state index in [2.05, 4.69) is 234 Å². The van der Waals surface area contributed by atoms with Gasteiger partial charge in [-0.2, -0.15) is 0 Å². The third-order valence-electron chi connectivity index (χ3n) is 12.6. The second-order valence-corrected chi connectivity index (χ2v) is 16.0. The summed E-state index contributed by atoms with van der Waals surface area (Å²) in [7, 11) is 0. The third kappa shape index (κ3) is 5.79. The predicted molar refractivity (Wildman–Crippen MR) is 260 cm³/mol. The summed E-state index contributed by atoms with van der Waals surface area (Å²) < 4.78 is 2.37. The molecule has 2 heteroatoms. The fourth-order valence-electron chi connectivity index (χ4n) is 9.87.